The molecule has 2 aliphatic heterocycles. The van der Waals surface area contributed by atoms with E-state index in [1.807, 2.05) is 0 Å². The van der Waals surface area contributed by atoms with Crippen molar-refractivity contribution in [3.63, 3.8) is 0 Å². The quantitative estimate of drug-likeness (QED) is 0.462. The fourth-order valence-electron chi connectivity index (χ4n) is 3.48. The number of amides is 2. The van der Waals surface area contributed by atoms with Gasteiger partial charge in [-0.25, -0.2) is 4.90 Å². The highest BCUT2D eigenvalue weighted by Gasteiger charge is 2.57. The fourth-order valence-corrected chi connectivity index (χ4v) is 3.48. The number of ketones is 1. The summed E-state index contributed by atoms with van der Waals surface area (Å²) in [6, 6.07) is 5.13. The maximum absolute atomic E-state index is 12.7. The SMILES string of the molecule is O=C1CCCC2=C1[C@H]1C(=O)N(c3ccc([N+](=O)[O-])cc3)C(=O)[C@H]1O2. The van der Waals surface area contributed by atoms with E-state index < -0.39 is 28.8 Å². The number of non-ortho nitro benzene ring substituents is 1. The first-order valence-electron chi connectivity index (χ1n) is 7.54. The largest absolute Gasteiger partial charge is 0.483 e. The molecule has 8 heteroatoms. The van der Waals surface area contributed by atoms with Crippen molar-refractivity contribution in [2.45, 2.75) is 25.4 Å². The molecule has 1 saturated heterocycles. The minimum Gasteiger partial charge on any atom is -0.483 e. The molecule has 8 nitrogen and oxygen atoms in total. The second-order valence-corrected chi connectivity index (χ2v) is 5.92. The minimum atomic E-state index is -1.00. The summed E-state index contributed by atoms with van der Waals surface area (Å²) in [6.07, 6.45) is 0.571. The van der Waals surface area contributed by atoms with Crippen LogP contribution in [0.4, 0.5) is 11.4 Å². The molecule has 3 aliphatic rings. The van der Waals surface area contributed by atoms with Gasteiger partial charge in [-0.05, 0) is 18.6 Å². The van der Waals surface area contributed by atoms with Crippen LogP contribution in [-0.4, -0.2) is 28.6 Å². The van der Waals surface area contributed by atoms with E-state index >= 15 is 0 Å². The second-order valence-electron chi connectivity index (χ2n) is 5.92. The molecule has 0 unspecified atom stereocenters. The molecule has 1 aromatic rings. The summed E-state index contributed by atoms with van der Waals surface area (Å²) >= 11 is 0. The number of benzene rings is 1. The van der Waals surface area contributed by atoms with E-state index in [1.54, 1.807) is 0 Å². The molecule has 0 bridgehead atoms. The van der Waals surface area contributed by atoms with Crippen molar-refractivity contribution in [3.8, 4) is 0 Å². The summed E-state index contributed by atoms with van der Waals surface area (Å²) in [7, 11) is 0. The predicted molar refractivity (Wildman–Crippen MR) is 79.8 cm³/mol. The number of fused-ring (bicyclic) bond motifs is 2. The average molecular weight is 328 g/mol. The van der Waals surface area contributed by atoms with Gasteiger partial charge in [-0.2, -0.15) is 0 Å². The maximum Gasteiger partial charge on any atom is 0.276 e. The summed E-state index contributed by atoms with van der Waals surface area (Å²) in [5.74, 6) is -1.63. The number of nitro benzene ring substituents is 1. The molecule has 2 amide bonds. The molecule has 122 valence electrons. The normalized spacial score (nSPS) is 25.7. The van der Waals surface area contributed by atoms with Crippen LogP contribution in [0.5, 0.6) is 0 Å². The molecule has 2 heterocycles. The Balaban J connectivity index is 1.70. The number of hydrogen-bond donors (Lipinski definition) is 0. The van der Waals surface area contributed by atoms with E-state index in [2.05, 4.69) is 0 Å². The summed E-state index contributed by atoms with van der Waals surface area (Å²) in [5.41, 5.74) is 0.426. The van der Waals surface area contributed by atoms with Gasteiger partial charge in [-0.3, -0.25) is 24.5 Å². The standard InChI is InChI=1S/C16H12N2O6/c19-10-2-1-3-11-12(10)13-14(24-11)16(21)17(15(13)20)8-4-6-9(7-5-8)18(22)23/h4-7,13-14H,1-3H2/t13-,14+/m1/s1. The number of allylic oxidation sites excluding steroid dienone is 1. The Labute approximate surface area is 135 Å². The van der Waals surface area contributed by atoms with Gasteiger partial charge in [-0.15, -0.1) is 0 Å². The van der Waals surface area contributed by atoms with Gasteiger partial charge in [0.15, 0.2) is 11.9 Å². The smallest absolute Gasteiger partial charge is 0.276 e. The minimum absolute atomic E-state index is 0.137. The van der Waals surface area contributed by atoms with Crippen molar-refractivity contribution in [1.29, 1.82) is 0 Å². The van der Waals surface area contributed by atoms with Gasteiger partial charge in [0.25, 0.3) is 11.6 Å². The van der Waals surface area contributed by atoms with Crippen molar-refractivity contribution in [1.82, 2.24) is 0 Å². The van der Waals surface area contributed by atoms with E-state index in [4.69, 9.17) is 4.74 Å². The van der Waals surface area contributed by atoms with E-state index in [1.165, 1.54) is 24.3 Å². The summed E-state index contributed by atoms with van der Waals surface area (Å²) in [6.45, 7) is 0. The number of Topliss-reactive ketones (excluding diaryl/α,β-unsaturated/α-hetero) is 1. The van der Waals surface area contributed by atoms with Gasteiger partial charge in [0.05, 0.1) is 10.6 Å². The fraction of sp³-hybridized carbons (Fsp3) is 0.312. The zero-order chi connectivity index (χ0) is 17.0. The molecule has 0 spiro atoms. The molecule has 1 fully saturated rings. The molecule has 4 rings (SSSR count). The number of carbonyl (C=O) groups is 3. The Morgan fingerprint density at radius 3 is 2.46 bits per heavy atom. The molecule has 0 aromatic heterocycles. The highest BCUT2D eigenvalue weighted by molar-refractivity contribution is 6.26. The maximum atomic E-state index is 12.7. The number of imide groups is 1. The topological polar surface area (TPSA) is 107 Å². The Morgan fingerprint density at radius 2 is 1.79 bits per heavy atom. The molecular formula is C16H12N2O6. The molecule has 1 aromatic carbocycles. The predicted octanol–water partition coefficient (Wildman–Crippen LogP) is 1.49. The zero-order valence-corrected chi connectivity index (χ0v) is 12.4. The Bertz CT molecular complexity index is 825. The number of nitrogens with zero attached hydrogens (tertiary/aromatic N) is 2. The zero-order valence-electron chi connectivity index (χ0n) is 12.4. The Morgan fingerprint density at radius 1 is 1.08 bits per heavy atom. The van der Waals surface area contributed by atoms with Crippen LogP contribution in [0, 0.1) is 16.0 Å². The first-order chi connectivity index (χ1) is 11.5. The van der Waals surface area contributed by atoms with Gasteiger partial charge in [-0.1, -0.05) is 0 Å². The number of ether oxygens (including phenoxy) is 1. The van der Waals surface area contributed by atoms with Crippen molar-refractivity contribution in [3.05, 3.63) is 45.7 Å². The van der Waals surface area contributed by atoms with Crippen LogP contribution in [-0.2, 0) is 19.1 Å². The molecule has 1 aliphatic carbocycles. The first kappa shape index (κ1) is 14.6. The highest BCUT2D eigenvalue weighted by atomic mass is 16.6. The molecule has 2 atom stereocenters. The number of anilines is 1. The van der Waals surface area contributed by atoms with Crippen molar-refractivity contribution in [2.75, 3.05) is 4.90 Å². The summed E-state index contributed by atoms with van der Waals surface area (Å²) < 4.78 is 5.59. The van der Waals surface area contributed by atoms with Crippen LogP contribution in [0.2, 0.25) is 0 Å². The van der Waals surface area contributed by atoms with Crippen LogP contribution >= 0.6 is 0 Å². The lowest BCUT2D eigenvalue weighted by atomic mass is 9.87. The van der Waals surface area contributed by atoms with Gasteiger partial charge in [0.2, 0.25) is 5.91 Å². The lowest BCUT2D eigenvalue weighted by Gasteiger charge is -2.18. The van der Waals surface area contributed by atoms with Crippen LogP contribution in [0.25, 0.3) is 0 Å². The molecule has 24 heavy (non-hydrogen) atoms. The summed E-state index contributed by atoms with van der Waals surface area (Å²) in [5, 5.41) is 10.7. The van der Waals surface area contributed by atoms with E-state index in [-0.39, 0.29) is 17.2 Å². The lowest BCUT2D eigenvalue weighted by molar-refractivity contribution is -0.384. The van der Waals surface area contributed by atoms with Crippen LogP contribution in [0.1, 0.15) is 19.3 Å². The highest BCUT2D eigenvalue weighted by Crippen LogP contribution is 2.44. The molecular weight excluding hydrogens is 316 g/mol. The van der Waals surface area contributed by atoms with Gasteiger partial charge < -0.3 is 4.74 Å². The second kappa shape index (κ2) is 4.98. The number of rotatable bonds is 2. The lowest BCUT2D eigenvalue weighted by Crippen LogP contribution is -2.33. The number of hydrogen-bond acceptors (Lipinski definition) is 6. The van der Waals surface area contributed by atoms with Gasteiger partial charge in [0, 0.05) is 30.5 Å². The third-order valence-electron chi connectivity index (χ3n) is 4.56. The molecule has 0 N–H and O–H groups in total. The molecule has 0 radical (unpaired) electrons. The van der Waals surface area contributed by atoms with Crippen LogP contribution < -0.4 is 4.90 Å². The van der Waals surface area contributed by atoms with Gasteiger partial charge >= 0.3 is 0 Å². The van der Waals surface area contributed by atoms with E-state index in [0.29, 0.717) is 30.6 Å². The Kier molecular flexibility index (Phi) is 3.02. The Hall–Kier alpha value is -3.03. The number of nitro groups is 1. The summed E-state index contributed by atoms with van der Waals surface area (Å²) in [4.78, 5) is 48.5. The van der Waals surface area contributed by atoms with Crippen molar-refractivity contribution < 1.29 is 24.0 Å². The van der Waals surface area contributed by atoms with Crippen molar-refractivity contribution >= 4 is 29.0 Å². The average Bonchev–Trinajstić information content (AvgIpc) is 3.05. The van der Waals surface area contributed by atoms with Crippen LogP contribution in [0.3, 0.4) is 0 Å². The van der Waals surface area contributed by atoms with E-state index in [9.17, 15) is 24.5 Å². The van der Waals surface area contributed by atoms with Gasteiger partial charge in [0.1, 0.15) is 11.7 Å². The van der Waals surface area contributed by atoms with Crippen molar-refractivity contribution in [2.24, 2.45) is 5.92 Å². The van der Waals surface area contributed by atoms with E-state index in [0.717, 1.165) is 4.90 Å². The van der Waals surface area contributed by atoms with Crippen LogP contribution in [0.15, 0.2) is 35.6 Å². The first-order valence-corrected chi connectivity index (χ1v) is 7.54. The third kappa shape index (κ3) is 1.89. The number of carbonyl (C=O) groups excluding carboxylic acids is 3. The molecule has 0 saturated carbocycles. The monoisotopic (exact) mass is 328 g/mol. The third-order valence-corrected chi connectivity index (χ3v) is 4.56.